The van der Waals surface area contributed by atoms with Crippen LogP contribution >= 0.6 is 0 Å². The van der Waals surface area contributed by atoms with Gasteiger partial charge in [0.2, 0.25) is 5.82 Å². The van der Waals surface area contributed by atoms with Crippen molar-refractivity contribution in [1.82, 2.24) is 24.7 Å². The molecule has 28 heavy (non-hydrogen) atoms. The largest absolute Gasteiger partial charge is 0.431 e. The first-order valence-corrected chi connectivity index (χ1v) is 8.51. The van der Waals surface area contributed by atoms with Crippen LogP contribution in [-0.4, -0.2) is 29.7 Å². The molecule has 140 valence electrons. The standard InChI is InChI=1S/C19H16N6O3/c1-11-7-8-14-5-4-6-15(16(14)22-11)28-19-17(25(26)27)18(20-10-21-19)24-13(3)9-12(2)23-24/h4-10H,1-3H3. The van der Waals surface area contributed by atoms with E-state index in [2.05, 4.69) is 20.1 Å². The molecule has 0 fully saturated rings. The quantitative estimate of drug-likeness (QED) is 0.393. The average Bonchev–Trinajstić information content (AvgIpc) is 3.00. The molecule has 1 aromatic carbocycles. The Morgan fingerprint density at radius 3 is 2.61 bits per heavy atom. The van der Waals surface area contributed by atoms with Crippen molar-refractivity contribution in [2.24, 2.45) is 0 Å². The Kier molecular flexibility index (Phi) is 4.19. The van der Waals surface area contributed by atoms with Crippen LogP contribution in [0.3, 0.4) is 0 Å². The van der Waals surface area contributed by atoms with E-state index in [1.165, 1.54) is 11.0 Å². The predicted octanol–water partition coefficient (Wildman–Crippen LogP) is 3.84. The first kappa shape index (κ1) is 17.5. The van der Waals surface area contributed by atoms with E-state index in [0.717, 1.165) is 16.8 Å². The number of para-hydroxylation sites is 1. The summed E-state index contributed by atoms with van der Waals surface area (Å²) >= 11 is 0. The second-order valence-corrected chi connectivity index (χ2v) is 6.33. The third-order valence-corrected chi connectivity index (χ3v) is 4.19. The highest BCUT2D eigenvalue weighted by Crippen LogP contribution is 2.35. The third kappa shape index (κ3) is 3.02. The fourth-order valence-corrected chi connectivity index (χ4v) is 2.99. The van der Waals surface area contributed by atoms with Crippen molar-refractivity contribution in [1.29, 1.82) is 0 Å². The molecular formula is C19H16N6O3. The number of hydrogen-bond donors (Lipinski definition) is 0. The monoisotopic (exact) mass is 376 g/mol. The van der Waals surface area contributed by atoms with Gasteiger partial charge in [0, 0.05) is 16.8 Å². The number of pyridine rings is 1. The summed E-state index contributed by atoms with van der Waals surface area (Å²) in [7, 11) is 0. The van der Waals surface area contributed by atoms with Gasteiger partial charge in [0.05, 0.1) is 10.6 Å². The number of benzene rings is 1. The summed E-state index contributed by atoms with van der Waals surface area (Å²) in [4.78, 5) is 23.8. The molecule has 0 unspecified atom stereocenters. The number of aryl methyl sites for hydroxylation is 3. The number of nitro groups is 1. The van der Waals surface area contributed by atoms with Crippen LogP contribution in [0.25, 0.3) is 16.7 Å². The topological polar surface area (TPSA) is 109 Å². The Hall–Kier alpha value is -3.88. The van der Waals surface area contributed by atoms with Crippen LogP contribution < -0.4 is 4.74 Å². The molecule has 3 heterocycles. The lowest BCUT2D eigenvalue weighted by Gasteiger charge is -2.10. The van der Waals surface area contributed by atoms with Gasteiger partial charge in [0.1, 0.15) is 11.8 Å². The number of rotatable bonds is 4. The van der Waals surface area contributed by atoms with E-state index < -0.39 is 4.92 Å². The highest BCUT2D eigenvalue weighted by Gasteiger charge is 2.28. The molecule has 0 radical (unpaired) electrons. The molecule has 0 bridgehead atoms. The molecule has 0 aliphatic rings. The highest BCUT2D eigenvalue weighted by molar-refractivity contribution is 5.85. The molecule has 9 heteroatoms. The summed E-state index contributed by atoms with van der Waals surface area (Å²) in [5, 5.41) is 17.0. The summed E-state index contributed by atoms with van der Waals surface area (Å²) in [5.74, 6) is 0.255. The zero-order valence-corrected chi connectivity index (χ0v) is 15.4. The van der Waals surface area contributed by atoms with Gasteiger partial charge in [0.15, 0.2) is 5.75 Å². The maximum absolute atomic E-state index is 11.8. The smallest absolute Gasteiger partial charge is 0.375 e. The van der Waals surface area contributed by atoms with Gasteiger partial charge in [-0.25, -0.2) is 14.6 Å². The highest BCUT2D eigenvalue weighted by atomic mass is 16.6. The lowest BCUT2D eigenvalue weighted by molar-refractivity contribution is -0.386. The second kappa shape index (κ2) is 6.69. The number of ether oxygens (including phenoxy) is 1. The van der Waals surface area contributed by atoms with Gasteiger partial charge in [-0.2, -0.15) is 10.1 Å². The van der Waals surface area contributed by atoms with Crippen molar-refractivity contribution in [3.05, 3.63) is 69.9 Å². The Morgan fingerprint density at radius 2 is 1.89 bits per heavy atom. The SMILES string of the molecule is Cc1ccc2cccc(Oc3ncnc(-n4nc(C)cc4C)c3[N+](=O)[O-])c2n1. The summed E-state index contributed by atoms with van der Waals surface area (Å²) in [6.07, 6.45) is 1.22. The molecule has 0 saturated heterocycles. The van der Waals surface area contributed by atoms with Crippen LogP contribution in [0.1, 0.15) is 17.1 Å². The average molecular weight is 376 g/mol. The predicted molar refractivity (Wildman–Crippen MR) is 102 cm³/mol. The fourth-order valence-electron chi connectivity index (χ4n) is 2.99. The molecule has 0 spiro atoms. The van der Waals surface area contributed by atoms with Crippen molar-refractivity contribution >= 4 is 16.6 Å². The Balaban J connectivity index is 1.88. The summed E-state index contributed by atoms with van der Waals surface area (Å²) in [6, 6.07) is 11.0. The molecular weight excluding hydrogens is 360 g/mol. The van der Waals surface area contributed by atoms with Gasteiger partial charge in [-0.3, -0.25) is 10.1 Å². The molecule has 4 aromatic rings. The lowest BCUT2D eigenvalue weighted by atomic mass is 10.2. The first-order chi connectivity index (χ1) is 13.4. The van der Waals surface area contributed by atoms with Crippen LogP contribution in [0.15, 0.2) is 42.7 Å². The van der Waals surface area contributed by atoms with Crippen LogP contribution in [0.5, 0.6) is 11.6 Å². The van der Waals surface area contributed by atoms with E-state index in [1.807, 2.05) is 31.2 Å². The fraction of sp³-hybridized carbons (Fsp3) is 0.158. The second-order valence-electron chi connectivity index (χ2n) is 6.33. The van der Waals surface area contributed by atoms with Crippen molar-refractivity contribution in [3.63, 3.8) is 0 Å². The maximum atomic E-state index is 11.8. The van der Waals surface area contributed by atoms with Gasteiger partial charge in [-0.15, -0.1) is 0 Å². The van der Waals surface area contributed by atoms with Gasteiger partial charge in [-0.1, -0.05) is 18.2 Å². The minimum absolute atomic E-state index is 0.0463. The van der Waals surface area contributed by atoms with Crippen molar-refractivity contribution in [2.75, 3.05) is 0 Å². The maximum Gasteiger partial charge on any atom is 0.375 e. The van der Waals surface area contributed by atoms with Crippen molar-refractivity contribution < 1.29 is 9.66 Å². The van der Waals surface area contributed by atoms with E-state index in [1.54, 1.807) is 26.0 Å². The minimum atomic E-state index is -0.565. The van der Waals surface area contributed by atoms with Gasteiger partial charge in [0.25, 0.3) is 0 Å². The van der Waals surface area contributed by atoms with E-state index in [0.29, 0.717) is 17.0 Å². The molecule has 0 amide bonds. The Labute approximate surface area is 159 Å². The zero-order valence-electron chi connectivity index (χ0n) is 15.4. The number of nitrogens with zero attached hydrogens (tertiary/aromatic N) is 6. The van der Waals surface area contributed by atoms with Crippen molar-refractivity contribution in [3.8, 4) is 17.4 Å². The first-order valence-electron chi connectivity index (χ1n) is 8.51. The van der Waals surface area contributed by atoms with Crippen LogP contribution in [0.2, 0.25) is 0 Å². The molecule has 0 saturated carbocycles. The van der Waals surface area contributed by atoms with Crippen molar-refractivity contribution in [2.45, 2.75) is 20.8 Å². The summed E-state index contributed by atoms with van der Waals surface area (Å²) in [6.45, 7) is 5.46. The Morgan fingerprint density at radius 1 is 1.07 bits per heavy atom. The van der Waals surface area contributed by atoms with E-state index >= 15 is 0 Å². The summed E-state index contributed by atoms with van der Waals surface area (Å²) in [5.41, 5.74) is 2.49. The molecule has 0 N–H and O–H groups in total. The molecule has 0 aliphatic heterocycles. The molecule has 4 rings (SSSR count). The number of aromatic nitrogens is 5. The van der Waals surface area contributed by atoms with Crippen LogP contribution in [0.4, 0.5) is 5.69 Å². The molecule has 3 aromatic heterocycles. The van der Waals surface area contributed by atoms with E-state index in [4.69, 9.17) is 4.74 Å². The van der Waals surface area contributed by atoms with E-state index in [9.17, 15) is 10.1 Å². The third-order valence-electron chi connectivity index (χ3n) is 4.19. The van der Waals surface area contributed by atoms with Gasteiger partial charge >= 0.3 is 11.6 Å². The van der Waals surface area contributed by atoms with E-state index in [-0.39, 0.29) is 17.4 Å². The molecule has 0 aliphatic carbocycles. The Bertz CT molecular complexity index is 1220. The molecule has 9 nitrogen and oxygen atoms in total. The van der Waals surface area contributed by atoms with Crippen LogP contribution in [0, 0.1) is 30.9 Å². The number of hydrogen-bond acceptors (Lipinski definition) is 7. The minimum Gasteiger partial charge on any atom is -0.431 e. The summed E-state index contributed by atoms with van der Waals surface area (Å²) < 4.78 is 7.26. The normalized spacial score (nSPS) is 11.0. The molecule has 0 atom stereocenters. The van der Waals surface area contributed by atoms with Crippen LogP contribution in [-0.2, 0) is 0 Å². The number of fused-ring (bicyclic) bond motifs is 1. The lowest BCUT2D eigenvalue weighted by Crippen LogP contribution is -2.08. The zero-order chi connectivity index (χ0) is 19.8. The van der Waals surface area contributed by atoms with Gasteiger partial charge < -0.3 is 4.74 Å². The van der Waals surface area contributed by atoms with Gasteiger partial charge in [-0.05, 0) is 39.0 Å².